The molecule has 0 saturated heterocycles. The van der Waals surface area contributed by atoms with Gasteiger partial charge < -0.3 is 9.84 Å². The second-order valence-electron chi connectivity index (χ2n) is 4.15. The highest BCUT2D eigenvalue weighted by Crippen LogP contribution is 2.23. The molecule has 92 valence electrons. The van der Waals surface area contributed by atoms with Crippen molar-refractivity contribution in [2.45, 2.75) is 13.3 Å². The van der Waals surface area contributed by atoms with E-state index in [2.05, 4.69) is 20.8 Å². The molecule has 3 rings (SSSR count). The summed E-state index contributed by atoms with van der Waals surface area (Å²) in [4.78, 5) is 15.9. The number of nitrogens with zero attached hydrogens (tertiary/aromatic N) is 2. The lowest BCUT2D eigenvalue weighted by Gasteiger charge is -2.04. The van der Waals surface area contributed by atoms with Crippen LogP contribution in [0.15, 0.2) is 22.7 Å². The summed E-state index contributed by atoms with van der Waals surface area (Å²) in [7, 11) is 0. The third-order valence-electron chi connectivity index (χ3n) is 2.83. The van der Waals surface area contributed by atoms with Gasteiger partial charge in [-0.15, -0.1) is 0 Å². The second-order valence-corrected chi connectivity index (χ2v) is 4.15. The first kappa shape index (κ1) is 10.8. The van der Waals surface area contributed by atoms with Crippen molar-refractivity contribution < 1.29 is 9.32 Å². The SMILES string of the molecule is Cc1noc(NC(=O)c2ccc3c(c2)NCC3)n1. The number of fused-ring (bicyclic) bond motifs is 1. The van der Waals surface area contributed by atoms with E-state index in [1.807, 2.05) is 12.1 Å². The monoisotopic (exact) mass is 244 g/mol. The quantitative estimate of drug-likeness (QED) is 0.838. The molecule has 0 bridgehead atoms. The van der Waals surface area contributed by atoms with Crippen LogP contribution < -0.4 is 10.6 Å². The van der Waals surface area contributed by atoms with E-state index in [4.69, 9.17) is 4.52 Å². The number of rotatable bonds is 2. The zero-order valence-corrected chi connectivity index (χ0v) is 9.86. The third-order valence-corrected chi connectivity index (χ3v) is 2.83. The minimum absolute atomic E-state index is 0.117. The van der Waals surface area contributed by atoms with Gasteiger partial charge in [0.2, 0.25) is 0 Å². The number of carbonyl (C=O) groups is 1. The van der Waals surface area contributed by atoms with Crippen molar-refractivity contribution in [2.75, 3.05) is 17.2 Å². The molecule has 2 heterocycles. The summed E-state index contributed by atoms with van der Waals surface area (Å²) in [5.41, 5.74) is 2.82. The van der Waals surface area contributed by atoms with Gasteiger partial charge in [-0.25, -0.2) is 0 Å². The zero-order valence-electron chi connectivity index (χ0n) is 9.86. The van der Waals surface area contributed by atoms with Crippen LogP contribution in [0.5, 0.6) is 0 Å². The van der Waals surface area contributed by atoms with Crippen LogP contribution in [0.2, 0.25) is 0 Å². The first-order chi connectivity index (χ1) is 8.72. The van der Waals surface area contributed by atoms with Crippen LogP contribution in [0.25, 0.3) is 0 Å². The van der Waals surface area contributed by atoms with Crippen LogP contribution in [0.4, 0.5) is 11.7 Å². The number of nitrogens with one attached hydrogen (secondary N) is 2. The van der Waals surface area contributed by atoms with Crippen LogP contribution in [-0.4, -0.2) is 22.6 Å². The molecule has 0 fully saturated rings. The van der Waals surface area contributed by atoms with Crippen molar-refractivity contribution in [3.05, 3.63) is 35.2 Å². The summed E-state index contributed by atoms with van der Waals surface area (Å²) in [6.07, 6.45) is 1.00. The average Bonchev–Trinajstić information content (AvgIpc) is 2.96. The molecule has 1 amide bonds. The van der Waals surface area contributed by atoms with Gasteiger partial charge in [0.1, 0.15) is 0 Å². The Hall–Kier alpha value is -2.37. The molecule has 1 aromatic carbocycles. The maximum atomic E-state index is 12.0. The number of anilines is 2. The fourth-order valence-corrected chi connectivity index (χ4v) is 1.95. The van der Waals surface area contributed by atoms with Crippen LogP contribution >= 0.6 is 0 Å². The van der Waals surface area contributed by atoms with E-state index in [1.165, 1.54) is 5.56 Å². The Morgan fingerprint density at radius 3 is 3.17 bits per heavy atom. The Bertz CT molecular complexity index is 606. The van der Waals surface area contributed by atoms with Gasteiger partial charge in [-0.05, 0) is 31.0 Å². The topological polar surface area (TPSA) is 80.0 Å². The van der Waals surface area contributed by atoms with Crippen molar-refractivity contribution >= 4 is 17.6 Å². The van der Waals surface area contributed by atoms with E-state index in [9.17, 15) is 4.79 Å². The summed E-state index contributed by atoms with van der Waals surface area (Å²) in [6, 6.07) is 5.71. The first-order valence-corrected chi connectivity index (χ1v) is 5.71. The lowest BCUT2D eigenvalue weighted by Crippen LogP contribution is -2.12. The number of aryl methyl sites for hydroxylation is 1. The van der Waals surface area contributed by atoms with Crippen molar-refractivity contribution in [3.63, 3.8) is 0 Å². The second kappa shape index (κ2) is 4.14. The van der Waals surface area contributed by atoms with E-state index in [0.29, 0.717) is 11.4 Å². The normalized spacial score (nSPS) is 12.9. The van der Waals surface area contributed by atoms with E-state index in [0.717, 1.165) is 18.7 Å². The van der Waals surface area contributed by atoms with Gasteiger partial charge in [-0.3, -0.25) is 10.1 Å². The predicted octanol–water partition coefficient (Wildman–Crippen LogP) is 1.60. The molecule has 0 aliphatic carbocycles. The predicted molar refractivity (Wildman–Crippen MR) is 65.6 cm³/mol. The smallest absolute Gasteiger partial charge is 0.328 e. The van der Waals surface area contributed by atoms with E-state index in [-0.39, 0.29) is 11.9 Å². The number of benzene rings is 1. The number of aromatic nitrogens is 2. The Morgan fingerprint density at radius 2 is 2.39 bits per heavy atom. The molecule has 6 heteroatoms. The standard InChI is InChI=1S/C12H12N4O2/c1-7-14-12(18-16-7)15-11(17)9-3-2-8-4-5-13-10(8)6-9/h2-3,6,13H,4-5H2,1H3,(H,14,15,16,17). The summed E-state index contributed by atoms with van der Waals surface area (Å²) in [5, 5.41) is 9.40. The summed E-state index contributed by atoms with van der Waals surface area (Å²) < 4.78 is 4.84. The van der Waals surface area contributed by atoms with Crippen molar-refractivity contribution in [3.8, 4) is 0 Å². The largest absolute Gasteiger partial charge is 0.384 e. The van der Waals surface area contributed by atoms with Crippen LogP contribution in [0.1, 0.15) is 21.7 Å². The number of amides is 1. The van der Waals surface area contributed by atoms with Crippen LogP contribution in [0.3, 0.4) is 0 Å². The maximum Gasteiger partial charge on any atom is 0.328 e. The fourth-order valence-electron chi connectivity index (χ4n) is 1.95. The van der Waals surface area contributed by atoms with E-state index < -0.39 is 0 Å². The minimum atomic E-state index is -0.254. The molecule has 0 radical (unpaired) electrons. The molecular formula is C12H12N4O2. The summed E-state index contributed by atoms with van der Waals surface area (Å²) in [6.45, 7) is 2.61. The minimum Gasteiger partial charge on any atom is -0.384 e. The third kappa shape index (κ3) is 1.92. The molecule has 18 heavy (non-hydrogen) atoms. The Labute approximate surface area is 103 Å². The molecule has 0 atom stereocenters. The first-order valence-electron chi connectivity index (χ1n) is 5.71. The molecule has 1 aromatic heterocycles. The molecular weight excluding hydrogens is 232 g/mol. The number of hydrogen-bond acceptors (Lipinski definition) is 5. The van der Waals surface area contributed by atoms with Crippen LogP contribution in [-0.2, 0) is 6.42 Å². The van der Waals surface area contributed by atoms with Gasteiger partial charge in [0.05, 0.1) is 0 Å². The Kier molecular flexibility index (Phi) is 2.47. The molecule has 6 nitrogen and oxygen atoms in total. The molecule has 2 aromatic rings. The maximum absolute atomic E-state index is 12.0. The summed E-state index contributed by atoms with van der Waals surface area (Å²) in [5.74, 6) is 0.232. The highest BCUT2D eigenvalue weighted by Gasteiger charge is 2.15. The zero-order chi connectivity index (χ0) is 12.5. The van der Waals surface area contributed by atoms with Crippen LogP contribution in [0, 0.1) is 6.92 Å². The molecule has 0 unspecified atom stereocenters. The molecule has 2 N–H and O–H groups in total. The van der Waals surface area contributed by atoms with Gasteiger partial charge in [0.25, 0.3) is 5.91 Å². The van der Waals surface area contributed by atoms with Crippen molar-refractivity contribution in [2.24, 2.45) is 0 Å². The van der Waals surface area contributed by atoms with Gasteiger partial charge in [0.15, 0.2) is 5.82 Å². The van der Waals surface area contributed by atoms with Gasteiger partial charge in [-0.1, -0.05) is 11.2 Å². The highest BCUT2D eigenvalue weighted by molar-refractivity contribution is 6.03. The van der Waals surface area contributed by atoms with Crippen molar-refractivity contribution in [1.29, 1.82) is 0 Å². The van der Waals surface area contributed by atoms with E-state index in [1.54, 1.807) is 13.0 Å². The molecule has 0 spiro atoms. The van der Waals surface area contributed by atoms with Crippen molar-refractivity contribution in [1.82, 2.24) is 10.1 Å². The van der Waals surface area contributed by atoms with E-state index >= 15 is 0 Å². The number of hydrogen-bond donors (Lipinski definition) is 2. The Morgan fingerprint density at radius 1 is 1.50 bits per heavy atom. The van der Waals surface area contributed by atoms with Gasteiger partial charge in [-0.2, -0.15) is 4.98 Å². The van der Waals surface area contributed by atoms with Gasteiger partial charge >= 0.3 is 6.01 Å². The van der Waals surface area contributed by atoms with Gasteiger partial charge in [0, 0.05) is 17.8 Å². The lowest BCUT2D eigenvalue weighted by molar-refractivity contribution is 0.102. The average molecular weight is 244 g/mol. The molecule has 1 aliphatic rings. The molecule has 0 saturated carbocycles. The lowest BCUT2D eigenvalue weighted by atomic mass is 10.1. The highest BCUT2D eigenvalue weighted by atomic mass is 16.5. The summed E-state index contributed by atoms with van der Waals surface area (Å²) >= 11 is 0. The fraction of sp³-hybridized carbons (Fsp3) is 0.250. The number of carbonyl (C=O) groups excluding carboxylic acids is 1. The Balaban J connectivity index is 1.80. The molecule has 1 aliphatic heterocycles.